The van der Waals surface area contributed by atoms with Crippen molar-refractivity contribution in [3.8, 4) is 6.07 Å². The highest BCUT2D eigenvalue weighted by Crippen LogP contribution is 2.11. The van der Waals surface area contributed by atoms with Crippen molar-refractivity contribution in [3.63, 3.8) is 0 Å². The Morgan fingerprint density at radius 2 is 2.00 bits per heavy atom. The van der Waals surface area contributed by atoms with Gasteiger partial charge in [0.2, 0.25) is 0 Å². The molecule has 1 unspecified atom stereocenters. The summed E-state index contributed by atoms with van der Waals surface area (Å²) in [6.45, 7) is 0. The monoisotopic (exact) mass is 251 g/mol. The molecule has 2 heteroatoms. The number of halogens is 1. The Morgan fingerprint density at radius 1 is 1.29 bits per heavy atom. The van der Waals surface area contributed by atoms with E-state index in [2.05, 4.69) is 46.3 Å². The largest absolute Gasteiger partial charge is 0.198 e. The molecule has 1 aromatic carbocycles. The van der Waals surface area contributed by atoms with Gasteiger partial charge in [-0.15, -0.1) is 0 Å². The van der Waals surface area contributed by atoms with Crippen LogP contribution in [0.3, 0.4) is 0 Å². The molecule has 0 aliphatic rings. The molecule has 0 bridgehead atoms. The highest BCUT2D eigenvalue weighted by molar-refractivity contribution is 9.09. The second kappa shape index (κ2) is 6.62. The first-order valence-corrected chi connectivity index (χ1v) is 5.98. The van der Waals surface area contributed by atoms with Crippen LogP contribution in [0, 0.1) is 17.2 Å². The van der Waals surface area contributed by atoms with Crippen LogP contribution in [0.25, 0.3) is 0 Å². The molecular formula is C12H14BrN. The number of rotatable bonds is 5. The van der Waals surface area contributed by atoms with Gasteiger partial charge in [0.25, 0.3) is 0 Å². The van der Waals surface area contributed by atoms with Gasteiger partial charge in [-0.3, -0.25) is 0 Å². The number of nitriles is 1. The van der Waals surface area contributed by atoms with Gasteiger partial charge in [-0.05, 0) is 24.8 Å². The van der Waals surface area contributed by atoms with Crippen LogP contribution >= 0.6 is 15.9 Å². The molecule has 1 aromatic rings. The maximum absolute atomic E-state index is 8.74. The highest BCUT2D eigenvalue weighted by Gasteiger charge is 2.04. The van der Waals surface area contributed by atoms with E-state index >= 15 is 0 Å². The molecule has 14 heavy (non-hydrogen) atoms. The summed E-state index contributed by atoms with van der Waals surface area (Å²) in [7, 11) is 0. The van der Waals surface area contributed by atoms with Crippen LogP contribution in [0.5, 0.6) is 0 Å². The summed E-state index contributed by atoms with van der Waals surface area (Å²) in [6.07, 6.45) is 3.15. The van der Waals surface area contributed by atoms with Gasteiger partial charge >= 0.3 is 0 Å². The van der Waals surface area contributed by atoms with Gasteiger partial charge in [0, 0.05) is 5.33 Å². The molecule has 0 aliphatic carbocycles. The third-order valence-corrected chi connectivity index (χ3v) is 3.01. The Kier molecular flexibility index (Phi) is 5.32. The molecule has 0 amide bonds. The molecule has 0 aliphatic heterocycles. The average Bonchev–Trinajstić information content (AvgIpc) is 2.26. The average molecular weight is 252 g/mol. The maximum Gasteiger partial charge on any atom is 0.0664 e. The molecule has 1 rings (SSSR count). The van der Waals surface area contributed by atoms with Crippen molar-refractivity contribution in [1.29, 1.82) is 5.26 Å². The van der Waals surface area contributed by atoms with Gasteiger partial charge in [-0.1, -0.05) is 46.3 Å². The molecule has 0 saturated heterocycles. The van der Waals surface area contributed by atoms with E-state index in [1.165, 1.54) is 5.56 Å². The molecular weight excluding hydrogens is 238 g/mol. The number of hydrogen-bond acceptors (Lipinski definition) is 1. The Labute approximate surface area is 93.9 Å². The van der Waals surface area contributed by atoms with Crippen LogP contribution in [0.4, 0.5) is 0 Å². The van der Waals surface area contributed by atoms with Gasteiger partial charge < -0.3 is 0 Å². The molecule has 1 nitrogen and oxygen atoms in total. The summed E-state index contributed by atoms with van der Waals surface area (Å²) in [5.41, 5.74) is 1.36. The van der Waals surface area contributed by atoms with E-state index in [0.717, 1.165) is 24.6 Å². The van der Waals surface area contributed by atoms with Gasteiger partial charge in [0.15, 0.2) is 0 Å². The van der Waals surface area contributed by atoms with Crippen molar-refractivity contribution in [2.45, 2.75) is 19.3 Å². The first-order valence-electron chi connectivity index (χ1n) is 4.86. The smallest absolute Gasteiger partial charge is 0.0664 e. The normalized spacial score (nSPS) is 12.0. The Balaban J connectivity index is 2.26. The minimum atomic E-state index is 0.165. The number of benzene rings is 1. The lowest BCUT2D eigenvalue weighted by molar-refractivity contribution is 0.627. The zero-order valence-electron chi connectivity index (χ0n) is 8.12. The van der Waals surface area contributed by atoms with Gasteiger partial charge in [-0.2, -0.15) is 5.26 Å². The first-order chi connectivity index (χ1) is 6.86. The van der Waals surface area contributed by atoms with E-state index < -0.39 is 0 Å². The van der Waals surface area contributed by atoms with E-state index in [4.69, 9.17) is 5.26 Å². The van der Waals surface area contributed by atoms with Crippen LogP contribution in [0.1, 0.15) is 18.4 Å². The fourth-order valence-corrected chi connectivity index (χ4v) is 1.84. The molecule has 0 fully saturated rings. The van der Waals surface area contributed by atoms with Crippen molar-refractivity contribution in [1.82, 2.24) is 0 Å². The Hall–Kier alpha value is -0.810. The Bertz CT molecular complexity index is 289. The second-order valence-electron chi connectivity index (χ2n) is 3.36. The predicted octanol–water partition coefficient (Wildman–Crippen LogP) is 3.54. The minimum absolute atomic E-state index is 0.165. The first kappa shape index (κ1) is 11.3. The van der Waals surface area contributed by atoms with Gasteiger partial charge in [0.1, 0.15) is 0 Å². The van der Waals surface area contributed by atoms with Crippen LogP contribution in [0.2, 0.25) is 0 Å². The highest BCUT2D eigenvalue weighted by atomic mass is 79.9. The standard InChI is InChI=1S/C12H14BrN/c13-9-12(10-14)8-4-7-11-5-2-1-3-6-11/h1-3,5-6,12H,4,7-9H2. The number of aryl methyl sites for hydroxylation is 1. The summed E-state index contributed by atoms with van der Waals surface area (Å²) >= 11 is 3.34. The van der Waals surface area contributed by atoms with Crippen molar-refractivity contribution in [3.05, 3.63) is 35.9 Å². The molecule has 0 radical (unpaired) electrons. The lowest BCUT2D eigenvalue weighted by Gasteiger charge is -2.04. The summed E-state index contributed by atoms with van der Waals surface area (Å²) in [5, 5.41) is 9.53. The fraction of sp³-hybridized carbons (Fsp3) is 0.417. The van der Waals surface area contributed by atoms with Crippen LogP contribution < -0.4 is 0 Å². The third-order valence-electron chi connectivity index (χ3n) is 2.23. The molecule has 0 heterocycles. The quantitative estimate of drug-likeness (QED) is 0.735. The van der Waals surface area contributed by atoms with Crippen LogP contribution in [0.15, 0.2) is 30.3 Å². The van der Waals surface area contributed by atoms with Crippen molar-refractivity contribution < 1.29 is 0 Å². The summed E-state index contributed by atoms with van der Waals surface area (Å²) in [5.74, 6) is 0.165. The topological polar surface area (TPSA) is 23.8 Å². The third kappa shape index (κ3) is 3.93. The molecule has 74 valence electrons. The van der Waals surface area contributed by atoms with Crippen molar-refractivity contribution in [2.75, 3.05) is 5.33 Å². The summed E-state index contributed by atoms with van der Waals surface area (Å²) in [6, 6.07) is 12.7. The van der Waals surface area contributed by atoms with E-state index in [1.807, 2.05) is 6.07 Å². The van der Waals surface area contributed by atoms with Crippen LogP contribution in [-0.2, 0) is 6.42 Å². The van der Waals surface area contributed by atoms with E-state index in [0.29, 0.717) is 0 Å². The van der Waals surface area contributed by atoms with E-state index in [-0.39, 0.29) is 5.92 Å². The van der Waals surface area contributed by atoms with E-state index in [1.54, 1.807) is 0 Å². The number of hydrogen-bond donors (Lipinski definition) is 0. The molecule has 0 N–H and O–H groups in total. The maximum atomic E-state index is 8.74. The van der Waals surface area contributed by atoms with E-state index in [9.17, 15) is 0 Å². The SMILES string of the molecule is N#CC(CBr)CCCc1ccccc1. The molecule has 0 spiro atoms. The lowest BCUT2D eigenvalue weighted by atomic mass is 10.0. The van der Waals surface area contributed by atoms with Crippen molar-refractivity contribution >= 4 is 15.9 Å². The summed E-state index contributed by atoms with van der Waals surface area (Å²) < 4.78 is 0. The summed E-state index contributed by atoms with van der Waals surface area (Å²) in [4.78, 5) is 0. The van der Waals surface area contributed by atoms with Crippen molar-refractivity contribution in [2.24, 2.45) is 5.92 Å². The minimum Gasteiger partial charge on any atom is -0.198 e. The zero-order chi connectivity index (χ0) is 10.2. The molecule has 0 aromatic heterocycles. The fourth-order valence-electron chi connectivity index (χ4n) is 1.37. The molecule has 0 saturated carbocycles. The molecule has 1 atom stereocenters. The predicted molar refractivity (Wildman–Crippen MR) is 62.3 cm³/mol. The zero-order valence-corrected chi connectivity index (χ0v) is 9.70. The van der Waals surface area contributed by atoms with Gasteiger partial charge in [0.05, 0.1) is 12.0 Å². The lowest BCUT2D eigenvalue weighted by Crippen LogP contribution is -1.99. The number of alkyl halides is 1. The second-order valence-corrected chi connectivity index (χ2v) is 4.01. The number of nitrogens with zero attached hydrogens (tertiary/aromatic N) is 1. The van der Waals surface area contributed by atoms with Gasteiger partial charge in [-0.25, -0.2) is 0 Å². The van der Waals surface area contributed by atoms with Crippen LogP contribution in [-0.4, -0.2) is 5.33 Å². The Morgan fingerprint density at radius 3 is 2.57 bits per heavy atom.